The Bertz CT molecular complexity index is 3240. The van der Waals surface area contributed by atoms with Gasteiger partial charge in [-0.25, -0.2) is 24.0 Å². The Hall–Kier alpha value is -8.59. The minimum absolute atomic E-state index is 0.00258. The number of aromatic nitrogens is 9. The predicted molar refractivity (Wildman–Crippen MR) is 247 cm³/mol. The van der Waals surface area contributed by atoms with E-state index in [0.29, 0.717) is 61.5 Å². The smallest absolute Gasteiger partial charge is 0.231 e. The van der Waals surface area contributed by atoms with Crippen LogP contribution in [0.1, 0.15) is 23.6 Å². The second-order valence-electron chi connectivity index (χ2n) is 17.1. The van der Waals surface area contributed by atoms with Gasteiger partial charge < -0.3 is 30.3 Å². The molecule has 2 saturated heterocycles. The molecule has 6 aromatic heterocycles. The van der Waals surface area contributed by atoms with Gasteiger partial charge in [0.2, 0.25) is 17.7 Å². The van der Waals surface area contributed by atoms with E-state index in [0.717, 1.165) is 55.8 Å². The Kier molecular flexibility index (Phi) is 10.4. The number of ether oxygens (including phenoxy) is 1. The third-order valence-electron chi connectivity index (χ3n) is 12.2. The van der Waals surface area contributed by atoms with Crippen LogP contribution in [0.15, 0.2) is 116 Å². The van der Waals surface area contributed by atoms with E-state index in [1.807, 2.05) is 74.9 Å². The highest BCUT2D eigenvalue weighted by Crippen LogP contribution is 2.38. The summed E-state index contributed by atoms with van der Waals surface area (Å²) >= 11 is 0. The summed E-state index contributed by atoms with van der Waals surface area (Å²) in [6.07, 6.45) is 10.6. The van der Waals surface area contributed by atoms with Gasteiger partial charge in [-0.15, -0.1) is 5.10 Å². The first-order valence-electron chi connectivity index (χ1n) is 21.3. The largest absolute Gasteiger partial charge is 0.511 e. The third-order valence-corrected chi connectivity index (χ3v) is 12.2. The summed E-state index contributed by atoms with van der Waals surface area (Å²) in [7, 11) is 1.59. The van der Waals surface area contributed by atoms with E-state index < -0.39 is 5.41 Å². The van der Waals surface area contributed by atoms with Gasteiger partial charge in [-0.2, -0.15) is 15.5 Å². The first-order valence-corrected chi connectivity index (χ1v) is 21.3. The van der Waals surface area contributed by atoms with Crippen molar-refractivity contribution in [3.63, 3.8) is 0 Å². The van der Waals surface area contributed by atoms with Gasteiger partial charge in [0.1, 0.15) is 23.1 Å². The number of nitriles is 1. The molecule has 0 saturated carbocycles. The molecule has 2 aliphatic rings. The number of aliphatic hydroxyl groups is 1. The zero-order chi connectivity index (χ0) is 45.7. The zero-order valence-electron chi connectivity index (χ0n) is 36.4. The van der Waals surface area contributed by atoms with E-state index in [1.165, 1.54) is 6.33 Å². The standard InChI is InChI=1S/C48H44N14O4/c1-29-5-6-32(18-51-47(65)48(3)26-59(27-48)44-40-14-34(24-61(40)54-28-52-44)33-11-12-50-42(16-33)66-4)13-39(29)43-56-45(58-21-37(22-58)46(64)55-38-9-7-31(17-49)8-10-38)41-15-35(25-62(41)57-43)36-19-53-60(23-36)20-30(2)63/h5-16,19,23-25,28,37,63H,2,18,20-22,26-27H2,1,3-4H3,(H,51,65)(H,55,64). The number of benzene rings is 2. The van der Waals surface area contributed by atoms with Crippen LogP contribution in [0.2, 0.25) is 0 Å². The van der Waals surface area contributed by atoms with Crippen molar-refractivity contribution in [2.45, 2.75) is 26.9 Å². The molecule has 0 radical (unpaired) electrons. The minimum atomic E-state index is -0.644. The van der Waals surface area contributed by atoms with E-state index >= 15 is 0 Å². The lowest BCUT2D eigenvalue weighted by Gasteiger charge is -2.47. The van der Waals surface area contributed by atoms with Gasteiger partial charge in [0.25, 0.3) is 0 Å². The van der Waals surface area contributed by atoms with Crippen LogP contribution in [0, 0.1) is 29.6 Å². The van der Waals surface area contributed by atoms with E-state index in [1.54, 1.807) is 57.5 Å². The molecule has 8 aromatic rings. The first-order chi connectivity index (χ1) is 31.9. The molecule has 3 N–H and O–H groups in total. The van der Waals surface area contributed by atoms with Crippen molar-refractivity contribution in [2.24, 2.45) is 11.3 Å². The molecule has 10 rings (SSSR count). The lowest BCUT2D eigenvalue weighted by atomic mass is 9.81. The number of nitrogens with one attached hydrogen (secondary N) is 2. The van der Waals surface area contributed by atoms with Crippen LogP contribution in [0.25, 0.3) is 44.7 Å². The van der Waals surface area contributed by atoms with Crippen LogP contribution in [0.3, 0.4) is 0 Å². The maximum atomic E-state index is 13.8. The van der Waals surface area contributed by atoms with Crippen LogP contribution in [0.4, 0.5) is 17.3 Å². The quantitative estimate of drug-likeness (QED) is 0.116. The highest BCUT2D eigenvalue weighted by Gasteiger charge is 2.46. The number of nitrogens with zero attached hydrogens (tertiary/aromatic N) is 12. The van der Waals surface area contributed by atoms with Crippen molar-refractivity contribution in [3.8, 4) is 45.6 Å². The summed E-state index contributed by atoms with van der Waals surface area (Å²) < 4.78 is 10.5. The van der Waals surface area contributed by atoms with Crippen molar-refractivity contribution >= 4 is 40.2 Å². The van der Waals surface area contributed by atoms with Crippen molar-refractivity contribution in [1.29, 1.82) is 5.26 Å². The number of carbonyl (C=O) groups excluding carboxylic acids is 2. The molecule has 2 aliphatic heterocycles. The van der Waals surface area contributed by atoms with Gasteiger partial charge in [0.15, 0.2) is 17.5 Å². The van der Waals surface area contributed by atoms with Gasteiger partial charge in [-0.05, 0) is 79.1 Å². The van der Waals surface area contributed by atoms with Crippen LogP contribution < -0.4 is 25.2 Å². The normalized spacial score (nSPS) is 14.4. The monoisotopic (exact) mass is 880 g/mol. The first kappa shape index (κ1) is 41.4. The number of anilines is 3. The zero-order valence-corrected chi connectivity index (χ0v) is 36.4. The molecular weight excluding hydrogens is 837 g/mol. The molecule has 8 heterocycles. The molecule has 2 aromatic carbocycles. The van der Waals surface area contributed by atoms with Crippen LogP contribution in [0.5, 0.6) is 5.88 Å². The summed E-state index contributed by atoms with van der Waals surface area (Å²) in [5.41, 5.74) is 8.27. The average molecular weight is 881 g/mol. The van der Waals surface area contributed by atoms with Crippen molar-refractivity contribution < 1.29 is 19.4 Å². The lowest BCUT2D eigenvalue weighted by Crippen LogP contribution is -2.62. The summed E-state index contributed by atoms with van der Waals surface area (Å²) in [4.78, 5) is 45.2. The molecule has 18 heteroatoms. The number of carbonyl (C=O) groups is 2. The predicted octanol–water partition coefficient (Wildman–Crippen LogP) is 5.84. The molecular formula is C48H44N14O4. The fourth-order valence-electron chi connectivity index (χ4n) is 8.49. The Balaban J connectivity index is 0.864. The Morgan fingerprint density at radius 3 is 2.42 bits per heavy atom. The van der Waals surface area contributed by atoms with E-state index in [9.17, 15) is 14.7 Å². The number of aliphatic hydroxyl groups excluding tert-OH is 1. The molecule has 0 bridgehead atoms. The summed E-state index contributed by atoms with van der Waals surface area (Å²) in [5.74, 6) is 1.95. The number of pyridine rings is 1. The molecule has 0 aliphatic carbocycles. The molecule has 0 unspecified atom stereocenters. The van der Waals surface area contributed by atoms with Gasteiger partial charge in [0.05, 0.1) is 42.8 Å². The fourth-order valence-corrected chi connectivity index (χ4v) is 8.49. The van der Waals surface area contributed by atoms with Gasteiger partial charge in [0, 0.05) is 91.5 Å². The number of fused-ring (bicyclic) bond motifs is 2. The van der Waals surface area contributed by atoms with Crippen LogP contribution >= 0.6 is 0 Å². The maximum Gasteiger partial charge on any atom is 0.231 e. The van der Waals surface area contributed by atoms with Crippen LogP contribution in [-0.2, 0) is 22.7 Å². The summed E-state index contributed by atoms with van der Waals surface area (Å²) in [6, 6.07) is 22.7. The summed E-state index contributed by atoms with van der Waals surface area (Å²) in [5, 5.41) is 38.9. The van der Waals surface area contributed by atoms with Crippen molar-refractivity contribution in [1.82, 2.24) is 49.3 Å². The Morgan fingerprint density at radius 2 is 1.67 bits per heavy atom. The molecule has 0 spiro atoms. The van der Waals surface area contributed by atoms with E-state index in [-0.39, 0.29) is 30.0 Å². The fraction of sp³-hybridized carbons (Fsp3) is 0.229. The topological polar surface area (TPSA) is 209 Å². The van der Waals surface area contributed by atoms with E-state index in [4.69, 9.17) is 20.1 Å². The second kappa shape index (κ2) is 16.5. The Labute approximate surface area is 378 Å². The lowest BCUT2D eigenvalue weighted by molar-refractivity contribution is -0.131. The molecule has 0 atom stereocenters. The van der Waals surface area contributed by atoms with Gasteiger partial charge in [-0.1, -0.05) is 18.7 Å². The van der Waals surface area contributed by atoms with Gasteiger partial charge >= 0.3 is 0 Å². The SMILES string of the molecule is C=C(O)Cn1cc(-c2cc3c(N4CC(C(=O)Nc5ccc(C#N)cc5)C4)nc(-c4cc(CNC(=O)C5(C)CN(c6ncnn7cc(-c8ccnc(OC)c8)cc67)C5)ccc4C)nn3c2)cn1. The van der Waals surface area contributed by atoms with Gasteiger partial charge in [-0.3, -0.25) is 14.3 Å². The molecule has 18 nitrogen and oxygen atoms in total. The molecule has 2 fully saturated rings. The molecule has 2 amide bonds. The number of amides is 2. The Morgan fingerprint density at radius 1 is 0.909 bits per heavy atom. The third kappa shape index (κ3) is 7.87. The average Bonchev–Trinajstić information content (AvgIpc) is 4.06. The van der Waals surface area contributed by atoms with Crippen molar-refractivity contribution in [2.75, 3.05) is 48.4 Å². The maximum absolute atomic E-state index is 13.8. The van der Waals surface area contributed by atoms with Crippen molar-refractivity contribution in [3.05, 3.63) is 133 Å². The van der Waals surface area contributed by atoms with Crippen LogP contribution in [-0.4, -0.2) is 94.2 Å². The number of hydrogen-bond acceptors (Lipinski definition) is 13. The summed E-state index contributed by atoms with van der Waals surface area (Å²) in [6.45, 7) is 9.84. The molecule has 66 heavy (non-hydrogen) atoms. The highest BCUT2D eigenvalue weighted by molar-refractivity contribution is 5.95. The number of allylic oxidation sites excluding steroid dienone is 1. The number of aryl methyl sites for hydroxylation is 1. The molecule has 330 valence electrons. The minimum Gasteiger partial charge on any atom is -0.511 e. The second-order valence-corrected chi connectivity index (χ2v) is 17.1. The highest BCUT2D eigenvalue weighted by atomic mass is 16.5. The van der Waals surface area contributed by atoms with E-state index in [2.05, 4.69) is 53.2 Å². The number of methoxy groups -OCH3 is 1. The number of rotatable bonds is 13. The number of hydrogen-bond donors (Lipinski definition) is 3.